The van der Waals surface area contributed by atoms with Gasteiger partial charge in [0.1, 0.15) is 5.82 Å². The van der Waals surface area contributed by atoms with Crippen LogP contribution in [0.5, 0.6) is 0 Å². The number of rotatable bonds is 6. The number of aromatic nitrogens is 5. The monoisotopic (exact) mass is 363 g/mol. The standard InChI is InChI=1S/C14H10FN5O4S/c15-10-1-3-11(4-2-10)25(23,24)20-6-5-9(8-20)7-12(21)13(22)14-16-18-19-17-14/h1-6,8H,7H2,(H,16,17,18,19). The largest absolute Gasteiger partial charge is 0.290 e. The summed E-state index contributed by atoms with van der Waals surface area (Å²) in [5, 5.41) is 12.1. The average molecular weight is 363 g/mol. The number of tetrazole rings is 1. The molecule has 0 unspecified atom stereocenters. The van der Waals surface area contributed by atoms with Crippen LogP contribution in [-0.4, -0.2) is 44.6 Å². The molecular weight excluding hydrogens is 353 g/mol. The Morgan fingerprint density at radius 3 is 2.52 bits per heavy atom. The van der Waals surface area contributed by atoms with Crippen molar-refractivity contribution in [1.29, 1.82) is 0 Å². The smallest absolute Gasteiger partial charge is 0.269 e. The van der Waals surface area contributed by atoms with E-state index in [0.29, 0.717) is 5.56 Å². The number of ketones is 2. The number of aromatic amines is 1. The molecule has 25 heavy (non-hydrogen) atoms. The predicted octanol–water partition coefficient (Wildman–Crippen LogP) is 0.372. The van der Waals surface area contributed by atoms with Gasteiger partial charge in [-0.1, -0.05) is 0 Å². The minimum absolute atomic E-state index is 0.106. The number of nitrogens with one attached hydrogen (secondary N) is 1. The molecule has 0 fully saturated rings. The van der Waals surface area contributed by atoms with Gasteiger partial charge in [0.05, 0.1) is 4.90 Å². The molecule has 0 radical (unpaired) electrons. The summed E-state index contributed by atoms with van der Waals surface area (Å²) in [4.78, 5) is 23.6. The van der Waals surface area contributed by atoms with E-state index in [4.69, 9.17) is 0 Å². The summed E-state index contributed by atoms with van der Waals surface area (Å²) in [6.07, 6.45) is 2.12. The van der Waals surface area contributed by atoms with Gasteiger partial charge in [-0.25, -0.2) is 16.8 Å². The van der Waals surface area contributed by atoms with Crippen LogP contribution in [0, 0.1) is 5.82 Å². The zero-order chi connectivity index (χ0) is 18.0. The number of hydrogen-bond acceptors (Lipinski definition) is 7. The van der Waals surface area contributed by atoms with Gasteiger partial charge in [-0.3, -0.25) is 9.59 Å². The molecular formula is C14H10FN5O4S. The SMILES string of the molecule is O=C(Cc1ccn(S(=O)(=O)c2ccc(F)cc2)c1)C(=O)c1nn[nH]n1. The van der Waals surface area contributed by atoms with Gasteiger partial charge in [-0.05, 0) is 41.1 Å². The first-order chi connectivity index (χ1) is 11.9. The van der Waals surface area contributed by atoms with Crippen LogP contribution < -0.4 is 0 Å². The van der Waals surface area contributed by atoms with Gasteiger partial charge in [0.2, 0.25) is 11.6 Å². The first kappa shape index (κ1) is 16.6. The fourth-order valence-electron chi connectivity index (χ4n) is 2.05. The van der Waals surface area contributed by atoms with E-state index in [-0.39, 0.29) is 17.1 Å². The highest BCUT2D eigenvalue weighted by molar-refractivity contribution is 7.90. The summed E-state index contributed by atoms with van der Waals surface area (Å²) < 4.78 is 38.7. The molecule has 0 aliphatic rings. The number of halogens is 1. The molecule has 2 aromatic heterocycles. The average Bonchev–Trinajstić information content (AvgIpc) is 3.26. The van der Waals surface area contributed by atoms with E-state index in [0.717, 1.165) is 28.2 Å². The van der Waals surface area contributed by atoms with E-state index in [1.54, 1.807) is 0 Å². The van der Waals surface area contributed by atoms with Gasteiger partial charge in [0.15, 0.2) is 0 Å². The maximum absolute atomic E-state index is 12.9. The summed E-state index contributed by atoms with van der Waals surface area (Å²) in [6.45, 7) is 0. The summed E-state index contributed by atoms with van der Waals surface area (Å²) in [5.41, 5.74) is 0.313. The molecule has 3 rings (SSSR count). The molecule has 0 bridgehead atoms. The summed E-state index contributed by atoms with van der Waals surface area (Å²) in [6, 6.07) is 5.72. The van der Waals surface area contributed by atoms with Crippen molar-refractivity contribution in [2.24, 2.45) is 0 Å². The number of carbonyl (C=O) groups is 2. The molecule has 128 valence electrons. The molecule has 1 N–H and O–H groups in total. The first-order valence-corrected chi connectivity index (χ1v) is 8.31. The third-order valence-electron chi connectivity index (χ3n) is 3.28. The molecule has 11 heteroatoms. The van der Waals surface area contributed by atoms with Crippen molar-refractivity contribution >= 4 is 21.6 Å². The van der Waals surface area contributed by atoms with E-state index in [2.05, 4.69) is 20.6 Å². The minimum atomic E-state index is -3.92. The third kappa shape index (κ3) is 3.35. The molecule has 2 heterocycles. The van der Waals surface area contributed by atoms with Crippen molar-refractivity contribution in [3.63, 3.8) is 0 Å². The number of nitrogens with zero attached hydrogens (tertiary/aromatic N) is 4. The van der Waals surface area contributed by atoms with E-state index < -0.39 is 27.4 Å². The summed E-state index contributed by atoms with van der Waals surface area (Å²) in [7, 11) is -3.92. The quantitative estimate of drug-likeness (QED) is 0.495. The zero-order valence-corrected chi connectivity index (χ0v) is 13.3. The lowest BCUT2D eigenvalue weighted by Crippen LogP contribution is -2.18. The van der Waals surface area contributed by atoms with Gasteiger partial charge in [-0.2, -0.15) is 5.21 Å². The molecule has 1 aromatic carbocycles. The highest BCUT2D eigenvalue weighted by Crippen LogP contribution is 2.16. The Kier molecular flexibility index (Phi) is 4.23. The van der Waals surface area contributed by atoms with E-state index in [9.17, 15) is 22.4 Å². The van der Waals surface area contributed by atoms with Gasteiger partial charge < -0.3 is 0 Å². The molecule has 0 amide bonds. The fraction of sp³-hybridized carbons (Fsp3) is 0.0714. The Morgan fingerprint density at radius 2 is 1.88 bits per heavy atom. The Labute approximate surface area is 140 Å². The Hall–Kier alpha value is -3.21. The maximum atomic E-state index is 12.9. The van der Waals surface area contributed by atoms with Gasteiger partial charge in [0, 0.05) is 18.8 Å². The van der Waals surface area contributed by atoms with Gasteiger partial charge in [-0.15, -0.1) is 10.2 Å². The maximum Gasteiger partial charge on any atom is 0.269 e. The Balaban J connectivity index is 1.79. The Morgan fingerprint density at radius 1 is 1.16 bits per heavy atom. The van der Waals surface area contributed by atoms with Gasteiger partial charge in [0.25, 0.3) is 15.8 Å². The summed E-state index contributed by atoms with van der Waals surface area (Å²) in [5.74, 6) is -2.65. The second-order valence-corrected chi connectivity index (χ2v) is 6.82. The van der Waals surface area contributed by atoms with Crippen LogP contribution in [0.3, 0.4) is 0 Å². The zero-order valence-electron chi connectivity index (χ0n) is 12.5. The molecule has 0 saturated heterocycles. The summed E-state index contributed by atoms with van der Waals surface area (Å²) >= 11 is 0. The molecule has 9 nitrogen and oxygen atoms in total. The van der Waals surface area contributed by atoms with Crippen molar-refractivity contribution < 1.29 is 22.4 Å². The number of H-pyrrole nitrogens is 1. The van der Waals surface area contributed by atoms with Crippen LogP contribution >= 0.6 is 0 Å². The molecule has 0 aliphatic heterocycles. The number of hydrogen-bond donors (Lipinski definition) is 1. The number of carbonyl (C=O) groups excluding carboxylic acids is 2. The number of benzene rings is 1. The van der Waals surface area contributed by atoms with Crippen molar-refractivity contribution in [3.8, 4) is 0 Å². The van der Waals surface area contributed by atoms with Crippen LogP contribution in [0.1, 0.15) is 16.2 Å². The van der Waals surface area contributed by atoms with Crippen molar-refractivity contribution in [2.45, 2.75) is 11.3 Å². The van der Waals surface area contributed by atoms with Crippen molar-refractivity contribution in [3.05, 3.63) is 59.9 Å². The van der Waals surface area contributed by atoms with E-state index in [1.165, 1.54) is 18.5 Å². The lowest BCUT2D eigenvalue weighted by Gasteiger charge is -2.05. The van der Waals surface area contributed by atoms with Crippen LogP contribution in [0.2, 0.25) is 0 Å². The topological polar surface area (TPSA) is 128 Å². The Bertz CT molecular complexity index is 1030. The first-order valence-electron chi connectivity index (χ1n) is 6.87. The highest BCUT2D eigenvalue weighted by atomic mass is 32.2. The van der Waals surface area contributed by atoms with Crippen LogP contribution in [0.25, 0.3) is 0 Å². The second kappa shape index (κ2) is 6.36. The second-order valence-electron chi connectivity index (χ2n) is 4.97. The highest BCUT2D eigenvalue weighted by Gasteiger charge is 2.22. The molecule has 0 aliphatic carbocycles. The molecule has 0 saturated carbocycles. The third-order valence-corrected chi connectivity index (χ3v) is 4.93. The predicted molar refractivity (Wildman–Crippen MR) is 80.6 cm³/mol. The molecule has 3 aromatic rings. The minimum Gasteiger partial charge on any atom is -0.290 e. The lowest BCUT2D eigenvalue weighted by atomic mass is 10.1. The number of Topliss-reactive ketones (excluding diaryl/α,β-unsaturated/α-hetero) is 2. The van der Waals surface area contributed by atoms with Crippen molar-refractivity contribution in [2.75, 3.05) is 0 Å². The fourth-order valence-corrected chi connectivity index (χ4v) is 3.27. The van der Waals surface area contributed by atoms with Crippen LogP contribution in [0.4, 0.5) is 4.39 Å². The van der Waals surface area contributed by atoms with E-state index >= 15 is 0 Å². The lowest BCUT2D eigenvalue weighted by molar-refractivity contribution is -0.114. The van der Waals surface area contributed by atoms with Crippen LogP contribution in [-0.2, 0) is 21.2 Å². The normalized spacial score (nSPS) is 11.4. The van der Waals surface area contributed by atoms with Crippen molar-refractivity contribution in [1.82, 2.24) is 24.6 Å². The van der Waals surface area contributed by atoms with Crippen LogP contribution in [0.15, 0.2) is 47.6 Å². The van der Waals surface area contributed by atoms with E-state index in [1.807, 2.05) is 0 Å². The molecule has 0 spiro atoms. The van der Waals surface area contributed by atoms with Gasteiger partial charge >= 0.3 is 0 Å². The molecule has 0 atom stereocenters.